The summed E-state index contributed by atoms with van der Waals surface area (Å²) in [5.74, 6) is 5.96. The molecule has 0 fully saturated rings. The first kappa shape index (κ1) is 39.6. The Balaban J connectivity index is 3.80. The zero-order valence-corrected chi connectivity index (χ0v) is 30.2. The smallest absolute Gasteiger partial charge is 0.146 e. The summed E-state index contributed by atoms with van der Waals surface area (Å²) in [7, 11) is 0. The molecule has 0 amide bonds. The van der Waals surface area contributed by atoms with E-state index in [9.17, 15) is 0 Å². The van der Waals surface area contributed by atoms with E-state index in [2.05, 4.69) is 78.0 Å². The fourth-order valence-electron chi connectivity index (χ4n) is 7.14. The third kappa shape index (κ3) is 27.2. The van der Waals surface area contributed by atoms with Crippen molar-refractivity contribution in [2.75, 3.05) is 24.4 Å². The highest BCUT2D eigenvalue weighted by Gasteiger charge is 2.18. The Morgan fingerprint density at radius 2 is 0.795 bits per heavy atom. The Bertz CT molecular complexity index is 498. The Labute approximate surface area is 261 Å². The molecule has 0 aromatic carbocycles. The maximum Gasteiger partial charge on any atom is 0.146 e. The summed E-state index contributed by atoms with van der Waals surface area (Å²) in [5.41, 5.74) is 0. The van der Waals surface area contributed by atoms with Gasteiger partial charge in [-0.3, -0.25) is 0 Å². The second-order valence-corrected chi connectivity index (χ2v) is 15.3. The Hall–Kier alpha value is 0.650. The number of alkyl halides is 1. The fourth-order valence-corrected chi connectivity index (χ4v) is 7.58. The molecule has 0 aliphatic rings. The number of unbranched alkanes of at least 4 members (excludes halogenated alkanes) is 6. The van der Waals surface area contributed by atoms with Crippen LogP contribution in [-0.4, -0.2) is 24.4 Å². The first-order valence-corrected chi connectivity index (χ1v) is 18.9. The maximum absolute atomic E-state index is 5.72. The zero-order chi connectivity index (χ0) is 29.3. The number of hydrogen-bond donors (Lipinski definition) is 0. The van der Waals surface area contributed by atoms with Gasteiger partial charge in [-0.15, -0.1) is 0 Å². The molecule has 39 heavy (non-hydrogen) atoms. The predicted octanol–water partition coefficient (Wildman–Crippen LogP) is 12.5. The van der Waals surface area contributed by atoms with Gasteiger partial charge in [-0.05, 0) is 116 Å². The van der Waals surface area contributed by atoms with Gasteiger partial charge in [0, 0.05) is 13.2 Å². The van der Waals surface area contributed by atoms with E-state index < -0.39 is 0 Å². The van der Waals surface area contributed by atoms with E-state index in [-0.39, 0.29) is 0 Å². The number of halogens is 1. The molecule has 0 aromatic rings. The number of rotatable bonds is 29. The normalized spacial score (nSPS) is 17.5. The molecule has 0 bridgehead atoms. The summed E-state index contributed by atoms with van der Waals surface area (Å²) in [4.78, 5) is 0. The summed E-state index contributed by atoms with van der Waals surface area (Å²) in [6, 6.07) is 0. The fraction of sp³-hybridized carbons (Fsp3) is 1.00. The lowest BCUT2D eigenvalue weighted by Gasteiger charge is -2.26. The molecule has 0 rings (SSSR count). The van der Waals surface area contributed by atoms with Crippen molar-refractivity contribution in [2.24, 2.45) is 41.4 Å². The van der Waals surface area contributed by atoms with Crippen molar-refractivity contribution in [2.45, 2.75) is 165 Å². The van der Waals surface area contributed by atoms with E-state index in [0.717, 1.165) is 61.1 Å². The van der Waals surface area contributed by atoms with Gasteiger partial charge in [0.15, 0.2) is 0 Å². The molecule has 0 aromatic heterocycles. The van der Waals surface area contributed by atoms with Crippen molar-refractivity contribution in [3.63, 3.8) is 0 Å². The van der Waals surface area contributed by atoms with Crippen molar-refractivity contribution in [3.05, 3.63) is 0 Å². The van der Waals surface area contributed by atoms with Crippen LogP contribution in [0.15, 0.2) is 0 Å². The van der Waals surface area contributed by atoms with Crippen LogP contribution in [0.5, 0.6) is 0 Å². The van der Waals surface area contributed by atoms with Gasteiger partial charge in [0.25, 0.3) is 0 Å². The van der Waals surface area contributed by atoms with E-state index in [0.29, 0.717) is 6.79 Å². The highest BCUT2D eigenvalue weighted by atomic mass is 127. The van der Waals surface area contributed by atoms with Crippen LogP contribution < -0.4 is 0 Å². The van der Waals surface area contributed by atoms with Crippen LogP contribution in [0, 0.1) is 41.4 Å². The van der Waals surface area contributed by atoms with Gasteiger partial charge in [-0.2, -0.15) is 0 Å². The molecule has 0 saturated carbocycles. The first-order valence-electron chi connectivity index (χ1n) is 17.4. The molecule has 0 N–H and O–H groups in total. The summed E-state index contributed by atoms with van der Waals surface area (Å²) in [5, 5.41) is 0. The molecule has 2 nitrogen and oxygen atoms in total. The quantitative estimate of drug-likeness (QED) is 0.0343. The van der Waals surface area contributed by atoms with E-state index in [1.165, 1.54) is 107 Å². The van der Waals surface area contributed by atoms with Crippen LogP contribution >= 0.6 is 22.6 Å². The second-order valence-electron chi connectivity index (χ2n) is 14.2. The van der Waals surface area contributed by atoms with Crippen molar-refractivity contribution in [1.29, 1.82) is 0 Å². The van der Waals surface area contributed by atoms with Crippen molar-refractivity contribution >= 4 is 22.6 Å². The van der Waals surface area contributed by atoms with Crippen LogP contribution in [0.1, 0.15) is 165 Å². The molecule has 236 valence electrons. The third-order valence-electron chi connectivity index (χ3n) is 8.70. The molecule has 0 spiro atoms. The van der Waals surface area contributed by atoms with Crippen LogP contribution in [0.4, 0.5) is 0 Å². The maximum atomic E-state index is 5.72. The monoisotopic (exact) mass is 664 g/mol. The molecule has 0 aliphatic heterocycles. The molecule has 0 aliphatic carbocycles. The van der Waals surface area contributed by atoms with E-state index in [1.54, 1.807) is 0 Å². The largest absolute Gasteiger partial charge is 0.355 e. The number of hydrogen-bond acceptors (Lipinski definition) is 2. The Morgan fingerprint density at radius 1 is 0.436 bits per heavy atom. The van der Waals surface area contributed by atoms with Crippen LogP contribution in [0.25, 0.3) is 0 Å². The molecule has 0 radical (unpaired) electrons. The lowest BCUT2D eigenvalue weighted by atomic mass is 9.80. The minimum atomic E-state index is 0.478. The average Bonchev–Trinajstić information content (AvgIpc) is 2.84. The van der Waals surface area contributed by atoms with Gasteiger partial charge in [0.1, 0.15) is 6.79 Å². The van der Waals surface area contributed by atoms with Crippen LogP contribution in [0.2, 0.25) is 0 Å². The molecule has 0 heterocycles. The second kappa shape index (κ2) is 27.5. The molecule has 7 unspecified atom stereocenters. The minimum absolute atomic E-state index is 0.478. The SMILES string of the molecule is CCCCCCCCCOCOCCCC(C)CC(C)CC(C)CC(C)CC(C)CC(C)CC(C)CCCI. The molecule has 3 heteroatoms. The standard InChI is InChI=1S/C36H73IO2/c1-9-10-11-12-13-14-15-21-38-29-39-22-17-19-31(3)24-33(5)26-35(7)28-36(8)27-34(6)25-32(4)23-30(2)18-16-20-37/h30-36H,9-29H2,1-8H3. The van der Waals surface area contributed by atoms with Gasteiger partial charge in [0.2, 0.25) is 0 Å². The summed E-state index contributed by atoms with van der Waals surface area (Å²) < 4.78 is 12.7. The summed E-state index contributed by atoms with van der Waals surface area (Å²) in [6.45, 7) is 21.8. The van der Waals surface area contributed by atoms with Gasteiger partial charge < -0.3 is 9.47 Å². The van der Waals surface area contributed by atoms with Crippen molar-refractivity contribution in [1.82, 2.24) is 0 Å². The molecule has 0 saturated heterocycles. The molecular weight excluding hydrogens is 591 g/mol. The first-order chi connectivity index (χ1) is 18.7. The highest BCUT2D eigenvalue weighted by molar-refractivity contribution is 14.1. The summed E-state index contributed by atoms with van der Waals surface area (Å²) >= 11 is 2.52. The Kier molecular flexibility index (Phi) is 27.9. The van der Waals surface area contributed by atoms with Gasteiger partial charge in [-0.25, -0.2) is 0 Å². The van der Waals surface area contributed by atoms with E-state index >= 15 is 0 Å². The number of ether oxygens (including phenoxy) is 2. The van der Waals surface area contributed by atoms with E-state index in [4.69, 9.17) is 9.47 Å². The van der Waals surface area contributed by atoms with Crippen molar-refractivity contribution in [3.8, 4) is 0 Å². The van der Waals surface area contributed by atoms with E-state index in [1.807, 2.05) is 0 Å². The topological polar surface area (TPSA) is 18.5 Å². The lowest BCUT2D eigenvalue weighted by molar-refractivity contribution is -0.0561. The summed E-state index contributed by atoms with van der Waals surface area (Å²) in [6.07, 6.45) is 22.9. The zero-order valence-electron chi connectivity index (χ0n) is 28.1. The van der Waals surface area contributed by atoms with Crippen molar-refractivity contribution < 1.29 is 9.47 Å². The van der Waals surface area contributed by atoms with Gasteiger partial charge in [-0.1, -0.05) is 117 Å². The van der Waals surface area contributed by atoms with Crippen LogP contribution in [-0.2, 0) is 9.47 Å². The lowest BCUT2D eigenvalue weighted by Crippen LogP contribution is -2.14. The van der Waals surface area contributed by atoms with Crippen LogP contribution in [0.3, 0.4) is 0 Å². The van der Waals surface area contributed by atoms with Gasteiger partial charge in [0.05, 0.1) is 0 Å². The predicted molar refractivity (Wildman–Crippen MR) is 184 cm³/mol. The average molecular weight is 665 g/mol. The molecule has 7 atom stereocenters. The third-order valence-corrected chi connectivity index (χ3v) is 9.47. The molecular formula is C36H73IO2. The van der Waals surface area contributed by atoms with Gasteiger partial charge >= 0.3 is 0 Å². The Morgan fingerprint density at radius 3 is 1.23 bits per heavy atom. The highest BCUT2D eigenvalue weighted by Crippen LogP contribution is 2.30. The minimum Gasteiger partial charge on any atom is -0.355 e.